The second kappa shape index (κ2) is 5.87. The van der Waals surface area contributed by atoms with Crippen molar-refractivity contribution in [1.82, 2.24) is 20.2 Å². The molecule has 0 aliphatic rings. The third kappa shape index (κ3) is 3.14. The molecule has 0 aliphatic carbocycles. The summed E-state index contributed by atoms with van der Waals surface area (Å²) in [7, 11) is 0. The van der Waals surface area contributed by atoms with Crippen LogP contribution in [0.4, 0.5) is 4.39 Å². The highest BCUT2D eigenvalue weighted by Crippen LogP contribution is 2.16. The topological polar surface area (TPSA) is 69.9 Å². The number of carbonyl (C=O) groups excluding carboxylic acids is 1. The van der Waals surface area contributed by atoms with Gasteiger partial charge in [-0.25, -0.2) is 13.9 Å². The van der Waals surface area contributed by atoms with Crippen molar-refractivity contribution in [2.75, 3.05) is 6.61 Å². The lowest BCUT2D eigenvalue weighted by atomic mass is 10.2. The molecule has 0 atom stereocenters. The summed E-state index contributed by atoms with van der Waals surface area (Å²) in [6, 6.07) is 4.52. The molecule has 0 radical (unpaired) electrons. The molecule has 2 rings (SSSR count). The van der Waals surface area contributed by atoms with Crippen LogP contribution in [-0.2, 0) is 11.3 Å². The molecular weight excluding hydrogens is 319 g/mol. The second-order valence-corrected chi connectivity index (χ2v) is 4.53. The maximum absolute atomic E-state index is 13.6. The molecule has 0 N–H and O–H groups in total. The van der Waals surface area contributed by atoms with Crippen LogP contribution in [0.1, 0.15) is 23.1 Å². The Balaban J connectivity index is 2.26. The van der Waals surface area contributed by atoms with Crippen LogP contribution in [0.25, 0.3) is 0 Å². The van der Waals surface area contributed by atoms with Crippen LogP contribution in [0.3, 0.4) is 0 Å². The van der Waals surface area contributed by atoms with Gasteiger partial charge in [-0.1, -0.05) is 15.9 Å². The SMILES string of the molecule is CCOC(=O)c1nnnn1Cc1cc(Br)ccc1F. The van der Waals surface area contributed by atoms with Crippen molar-refractivity contribution in [2.24, 2.45) is 0 Å². The molecule has 1 heterocycles. The fourth-order valence-electron chi connectivity index (χ4n) is 1.48. The first-order valence-electron chi connectivity index (χ1n) is 5.49. The van der Waals surface area contributed by atoms with Gasteiger partial charge in [-0.05, 0) is 35.5 Å². The number of benzene rings is 1. The van der Waals surface area contributed by atoms with Crippen molar-refractivity contribution in [3.8, 4) is 0 Å². The van der Waals surface area contributed by atoms with E-state index in [1.165, 1.54) is 10.7 Å². The van der Waals surface area contributed by atoms with Gasteiger partial charge in [-0.15, -0.1) is 5.10 Å². The molecule has 0 aliphatic heterocycles. The number of rotatable bonds is 4. The van der Waals surface area contributed by atoms with Gasteiger partial charge in [-0.3, -0.25) is 0 Å². The van der Waals surface area contributed by atoms with Crippen LogP contribution in [0.5, 0.6) is 0 Å². The Hall–Kier alpha value is -1.83. The zero-order chi connectivity index (χ0) is 13.8. The lowest BCUT2D eigenvalue weighted by Crippen LogP contribution is -2.15. The lowest BCUT2D eigenvalue weighted by molar-refractivity contribution is 0.0505. The molecule has 2 aromatic rings. The molecule has 0 fully saturated rings. The largest absolute Gasteiger partial charge is 0.460 e. The number of carbonyl (C=O) groups is 1. The van der Waals surface area contributed by atoms with Crippen molar-refractivity contribution < 1.29 is 13.9 Å². The fourth-order valence-corrected chi connectivity index (χ4v) is 1.89. The summed E-state index contributed by atoms with van der Waals surface area (Å²) in [6.45, 7) is 1.95. The number of tetrazole rings is 1. The summed E-state index contributed by atoms with van der Waals surface area (Å²) in [5, 5.41) is 10.6. The highest BCUT2D eigenvalue weighted by molar-refractivity contribution is 9.10. The first kappa shape index (κ1) is 13.6. The molecule has 0 amide bonds. The third-order valence-electron chi connectivity index (χ3n) is 2.32. The van der Waals surface area contributed by atoms with E-state index in [4.69, 9.17) is 4.74 Å². The van der Waals surface area contributed by atoms with E-state index in [0.717, 1.165) is 4.47 Å². The standard InChI is InChI=1S/C11H10BrFN4O2/c1-2-19-11(18)10-14-15-16-17(10)6-7-5-8(12)3-4-9(7)13/h3-5H,2,6H2,1H3. The van der Waals surface area contributed by atoms with Crippen LogP contribution in [-0.4, -0.2) is 32.8 Å². The highest BCUT2D eigenvalue weighted by Gasteiger charge is 2.17. The number of nitrogens with zero attached hydrogens (tertiary/aromatic N) is 4. The second-order valence-electron chi connectivity index (χ2n) is 3.62. The van der Waals surface area contributed by atoms with Crippen LogP contribution in [0, 0.1) is 5.82 Å². The number of esters is 1. The molecule has 19 heavy (non-hydrogen) atoms. The zero-order valence-electron chi connectivity index (χ0n) is 10.0. The average molecular weight is 329 g/mol. The van der Waals surface area contributed by atoms with Gasteiger partial charge in [0.15, 0.2) is 0 Å². The molecule has 0 unspecified atom stereocenters. The van der Waals surface area contributed by atoms with Crippen LogP contribution < -0.4 is 0 Å². The number of aromatic nitrogens is 4. The van der Waals surface area contributed by atoms with Crippen molar-refractivity contribution in [3.05, 3.63) is 39.9 Å². The summed E-state index contributed by atoms with van der Waals surface area (Å²) in [5.41, 5.74) is 0.368. The average Bonchev–Trinajstić information content (AvgIpc) is 2.82. The number of hydrogen-bond acceptors (Lipinski definition) is 5. The van der Waals surface area contributed by atoms with Crippen LogP contribution >= 0.6 is 15.9 Å². The van der Waals surface area contributed by atoms with Crippen molar-refractivity contribution in [3.63, 3.8) is 0 Å². The summed E-state index contributed by atoms with van der Waals surface area (Å²) in [6.07, 6.45) is 0. The summed E-state index contributed by atoms with van der Waals surface area (Å²) >= 11 is 3.25. The predicted molar refractivity (Wildman–Crippen MR) is 67.0 cm³/mol. The molecule has 1 aromatic carbocycles. The maximum atomic E-state index is 13.6. The van der Waals surface area contributed by atoms with E-state index in [0.29, 0.717) is 5.56 Å². The minimum Gasteiger partial charge on any atom is -0.460 e. The lowest BCUT2D eigenvalue weighted by Gasteiger charge is -2.06. The van der Waals surface area contributed by atoms with Gasteiger partial charge in [0.1, 0.15) is 5.82 Å². The van der Waals surface area contributed by atoms with E-state index >= 15 is 0 Å². The van der Waals surface area contributed by atoms with E-state index in [-0.39, 0.29) is 19.0 Å². The van der Waals surface area contributed by atoms with Crippen molar-refractivity contribution in [1.29, 1.82) is 0 Å². The van der Waals surface area contributed by atoms with Gasteiger partial charge in [0.05, 0.1) is 13.2 Å². The Morgan fingerprint density at radius 2 is 2.32 bits per heavy atom. The summed E-state index contributed by atoms with van der Waals surface area (Å²) < 4.78 is 20.4. The predicted octanol–water partition coefficient (Wildman–Crippen LogP) is 1.80. The molecule has 100 valence electrons. The van der Waals surface area contributed by atoms with Gasteiger partial charge >= 0.3 is 5.97 Å². The molecule has 0 spiro atoms. The molecule has 8 heteroatoms. The van der Waals surface area contributed by atoms with Gasteiger partial charge in [-0.2, -0.15) is 0 Å². The summed E-state index contributed by atoms with van der Waals surface area (Å²) in [5.74, 6) is -1.09. The fraction of sp³-hybridized carbons (Fsp3) is 0.273. The van der Waals surface area contributed by atoms with E-state index in [2.05, 4.69) is 31.5 Å². The molecule has 0 saturated heterocycles. The smallest absolute Gasteiger partial charge is 0.378 e. The molecule has 1 aromatic heterocycles. The van der Waals surface area contributed by atoms with Crippen molar-refractivity contribution >= 4 is 21.9 Å². The van der Waals surface area contributed by atoms with E-state index in [9.17, 15) is 9.18 Å². The Labute approximate surface area is 116 Å². The number of hydrogen-bond donors (Lipinski definition) is 0. The van der Waals surface area contributed by atoms with E-state index < -0.39 is 11.8 Å². The first-order valence-corrected chi connectivity index (χ1v) is 6.28. The Kier molecular flexibility index (Phi) is 4.20. The molecule has 6 nitrogen and oxygen atoms in total. The number of halogens is 2. The molecular formula is C11H10BrFN4O2. The van der Waals surface area contributed by atoms with E-state index in [1.807, 2.05) is 0 Å². The summed E-state index contributed by atoms with van der Waals surface area (Å²) in [4.78, 5) is 11.6. The Bertz CT molecular complexity index is 602. The number of ether oxygens (including phenoxy) is 1. The Morgan fingerprint density at radius 3 is 3.05 bits per heavy atom. The Morgan fingerprint density at radius 1 is 1.53 bits per heavy atom. The van der Waals surface area contributed by atoms with Gasteiger partial charge < -0.3 is 4.74 Å². The van der Waals surface area contributed by atoms with Gasteiger partial charge in [0.2, 0.25) is 0 Å². The quantitative estimate of drug-likeness (QED) is 0.800. The maximum Gasteiger partial charge on any atom is 0.378 e. The van der Waals surface area contributed by atoms with Gasteiger partial charge in [0, 0.05) is 10.0 Å². The highest BCUT2D eigenvalue weighted by atomic mass is 79.9. The zero-order valence-corrected chi connectivity index (χ0v) is 11.6. The normalized spacial score (nSPS) is 10.5. The molecule has 0 bridgehead atoms. The van der Waals surface area contributed by atoms with Crippen molar-refractivity contribution in [2.45, 2.75) is 13.5 Å². The minimum atomic E-state index is -0.636. The molecule has 0 saturated carbocycles. The monoisotopic (exact) mass is 328 g/mol. The van der Waals surface area contributed by atoms with E-state index in [1.54, 1.807) is 19.1 Å². The minimum absolute atomic E-state index is 0.0480. The third-order valence-corrected chi connectivity index (χ3v) is 2.81. The first-order chi connectivity index (χ1) is 9.11. The van der Waals surface area contributed by atoms with Crippen LogP contribution in [0.2, 0.25) is 0 Å². The van der Waals surface area contributed by atoms with Crippen LogP contribution in [0.15, 0.2) is 22.7 Å². The van der Waals surface area contributed by atoms with Gasteiger partial charge in [0.25, 0.3) is 5.82 Å².